The van der Waals surface area contributed by atoms with Gasteiger partial charge in [0.1, 0.15) is 0 Å². The van der Waals surface area contributed by atoms with E-state index in [1.54, 1.807) is 0 Å². The monoisotopic (exact) mass is 314 g/mol. The average Bonchev–Trinajstić information content (AvgIpc) is 2.20. The fraction of sp³-hybridized carbons (Fsp3) is 0.923. The molecular weight excluding hydrogens is 284 g/mol. The first-order valence-electron chi connectivity index (χ1n) is 6.53. The number of hydrogen-bond donors (Lipinski definition) is 0. The molecule has 0 aliphatic rings. The molecule has 94 valence electrons. The van der Waals surface area contributed by atoms with Crippen LogP contribution >= 0.6 is 0 Å². The molecule has 0 aromatic rings. The average molecular weight is 312 g/mol. The number of unbranched alkanes of at least 4 members (excludes halogenated alkanes) is 9. The molecule has 0 aromatic carbocycles. The zero-order chi connectivity index (χ0) is 11.4. The molecule has 3 N–H and O–H groups in total. The Morgan fingerprint density at radius 1 is 0.812 bits per heavy atom. The SMILES string of the molecule is CCCCCCCCCCCCC(=[OH+])[OH2+].[Mo+2]. The molecule has 0 rings (SSSR count). The van der Waals surface area contributed by atoms with Crippen LogP contribution in [0.25, 0.3) is 0 Å². The van der Waals surface area contributed by atoms with Crippen molar-refractivity contribution in [3.05, 3.63) is 0 Å². The van der Waals surface area contributed by atoms with Crippen molar-refractivity contribution >= 4 is 5.97 Å². The molecule has 0 spiro atoms. The standard InChI is InChI=1S/C13H26O2.Mo/c1-2-3-4-5-6-7-8-9-10-11-12-13(14)15;/h2-12H2,1H3,(H,14,15);/q;+2/p+2. The molecule has 0 amide bonds. The predicted octanol–water partition coefficient (Wildman–Crippen LogP) is 3.52. The molecule has 0 aromatic heterocycles. The van der Waals surface area contributed by atoms with Crippen LogP contribution in [0.15, 0.2) is 0 Å². The van der Waals surface area contributed by atoms with Crippen LogP contribution in [0.3, 0.4) is 0 Å². The number of rotatable bonds is 11. The van der Waals surface area contributed by atoms with E-state index in [0.29, 0.717) is 6.42 Å². The molecule has 0 unspecified atom stereocenters. The molecular formula is C13H28MoO2+4. The Hall–Kier alpha value is 0.158. The minimum Gasteiger partial charge on any atom is -0.524 e. The summed E-state index contributed by atoms with van der Waals surface area (Å²) in [7, 11) is 0. The van der Waals surface area contributed by atoms with Crippen molar-refractivity contribution in [3.63, 3.8) is 0 Å². The van der Waals surface area contributed by atoms with Crippen molar-refractivity contribution in [1.29, 1.82) is 0 Å². The van der Waals surface area contributed by atoms with Crippen molar-refractivity contribution in [2.75, 3.05) is 0 Å². The van der Waals surface area contributed by atoms with E-state index in [1.807, 2.05) is 0 Å². The van der Waals surface area contributed by atoms with E-state index < -0.39 is 0 Å². The van der Waals surface area contributed by atoms with Crippen LogP contribution < -0.4 is 0 Å². The van der Waals surface area contributed by atoms with E-state index in [2.05, 4.69) is 6.92 Å². The van der Waals surface area contributed by atoms with E-state index in [9.17, 15) is 0 Å². The summed E-state index contributed by atoms with van der Waals surface area (Å²) in [5, 5.41) is 6.86. The molecule has 0 saturated carbocycles. The molecule has 0 aliphatic heterocycles. The molecule has 2 nitrogen and oxygen atoms in total. The topological polar surface area (TPSA) is 44.3 Å². The third-order valence-corrected chi connectivity index (χ3v) is 2.77. The van der Waals surface area contributed by atoms with E-state index in [-0.39, 0.29) is 27.0 Å². The van der Waals surface area contributed by atoms with Crippen molar-refractivity contribution in [3.8, 4) is 0 Å². The fourth-order valence-corrected chi connectivity index (χ4v) is 1.78. The van der Waals surface area contributed by atoms with Crippen LogP contribution in [0.2, 0.25) is 0 Å². The van der Waals surface area contributed by atoms with Gasteiger partial charge in [-0.25, -0.2) is 4.79 Å². The van der Waals surface area contributed by atoms with Gasteiger partial charge in [-0.1, -0.05) is 64.7 Å². The van der Waals surface area contributed by atoms with Gasteiger partial charge in [0, 0.05) is 0 Å². The van der Waals surface area contributed by atoms with Crippen LogP contribution in [0.1, 0.15) is 77.6 Å². The van der Waals surface area contributed by atoms with Crippen LogP contribution in [0.5, 0.6) is 0 Å². The zero-order valence-corrected chi connectivity index (χ0v) is 12.6. The Labute approximate surface area is 114 Å². The number of carbonyl (C=O) groups excluding carboxylic acids is 1. The molecule has 0 heterocycles. The maximum absolute atomic E-state index is 8.66. The second kappa shape index (κ2) is 15.2. The summed E-state index contributed by atoms with van der Waals surface area (Å²) < 4.78 is 0. The van der Waals surface area contributed by atoms with Crippen LogP contribution in [0.4, 0.5) is 0 Å². The summed E-state index contributed by atoms with van der Waals surface area (Å²) in [5.41, 5.74) is 0. The molecule has 0 radical (unpaired) electrons. The summed E-state index contributed by atoms with van der Waals surface area (Å²) in [4.78, 5) is 8.66. The summed E-state index contributed by atoms with van der Waals surface area (Å²) in [6, 6.07) is 0. The van der Waals surface area contributed by atoms with Crippen molar-refractivity contribution in [1.82, 2.24) is 0 Å². The predicted molar refractivity (Wildman–Crippen MR) is 67.0 cm³/mol. The van der Waals surface area contributed by atoms with Gasteiger partial charge in [0.2, 0.25) is 0 Å². The van der Waals surface area contributed by atoms with Crippen LogP contribution in [-0.2, 0) is 21.1 Å². The third kappa shape index (κ3) is 16.6. The molecule has 0 atom stereocenters. The summed E-state index contributed by atoms with van der Waals surface area (Å²) >= 11 is 0. The summed E-state index contributed by atoms with van der Waals surface area (Å²) in [5.74, 6) is -0.158. The Morgan fingerprint density at radius 2 is 1.19 bits per heavy atom. The molecule has 0 fully saturated rings. The fourth-order valence-electron chi connectivity index (χ4n) is 1.78. The third-order valence-electron chi connectivity index (χ3n) is 2.77. The Kier molecular flexibility index (Phi) is 17.5. The molecule has 0 saturated heterocycles. The molecule has 0 aliphatic carbocycles. The molecule has 16 heavy (non-hydrogen) atoms. The first-order valence-corrected chi connectivity index (χ1v) is 6.53. The van der Waals surface area contributed by atoms with E-state index in [0.717, 1.165) is 12.8 Å². The van der Waals surface area contributed by atoms with E-state index in [4.69, 9.17) is 9.90 Å². The molecule has 3 heteroatoms. The van der Waals surface area contributed by atoms with Gasteiger partial charge in [0.15, 0.2) is 6.42 Å². The van der Waals surface area contributed by atoms with Crippen molar-refractivity contribution in [2.24, 2.45) is 0 Å². The summed E-state index contributed by atoms with van der Waals surface area (Å²) in [6.45, 7) is 2.25. The van der Waals surface area contributed by atoms with Gasteiger partial charge in [0.25, 0.3) is 0 Å². The first kappa shape index (κ1) is 18.5. The second-order valence-electron chi connectivity index (χ2n) is 4.38. The van der Waals surface area contributed by atoms with E-state index >= 15 is 0 Å². The quantitative estimate of drug-likeness (QED) is 0.318. The van der Waals surface area contributed by atoms with Crippen molar-refractivity contribution < 1.29 is 31.0 Å². The summed E-state index contributed by atoms with van der Waals surface area (Å²) in [6.07, 6.45) is 13.6. The van der Waals surface area contributed by atoms with Crippen molar-refractivity contribution in [2.45, 2.75) is 77.6 Å². The maximum atomic E-state index is 8.66. The van der Waals surface area contributed by atoms with Gasteiger partial charge in [-0.05, 0) is 6.42 Å². The first-order chi connectivity index (χ1) is 7.27. The Morgan fingerprint density at radius 3 is 1.56 bits per heavy atom. The zero-order valence-electron chi connectivity index (χ0n) is 10.6. The largest absolute Gasteiger partial charge is 2.00 e. The van der Waals surface area contributed by atoms with Crippen LogP contribution in [-0.4, -0.2) is 15.9 Å². The van der Waals surface area contributed by atoms with Gasteiger partial charge in [-0.15, -0.1) is 0 Å². The van der Waals surface area contributed by atoms with Gasteiger partial charge >= 0.3 is 27.0 Å². The van der Waals surface area contributed by atoms with Gasteiger partial charge < -0.3 is 5.11 Å². The maximum Gasteiger partial charge on any atom is 2.00 e. The van der Waals surface area contributed by atoms with Crippen LogP contribution in [0, 0.1) is 0 Å². The number of hydrogen-bond acceptors (Lipinski definition) is 0. The van der Waals surface area contributed by atoms with Gasteiger partial charge in [-0.2, -0.15) is 0 Å². The van der Waals surface area contributed by atoms with Gasteiger partial charge in [0.05, 0.1) is 0 Å². The Bertz CT molecular complexity index is 149. The normalized spacial score (nSPS) is 9.81. The smallest absolute Gasteiger partial charge is 0.524 e. The second-order valence-corrected chi connectivity index (χ2v) is 4.38. The van der Waals surface area contributed by atoms with Gasteiger partial charge in [-0.3, -0.25) is 0 Å². The molecule has 0 bridgehead atoms. The minimum atomic E-state index is -0.158. The van der Waals surface area contributed by atoms with E-state index in [1.165, 1.54) is 51.4 Å². The Balaban J connectivity index is 0. The minimum absolute atomic E-state index is 0.